The number of anilines is 1. The Labute approximate surface area is 252 Å². The zero-order chi connectivity index (χ0) is 28.5. The van der Waals surface area contributed by atoms with Crippen molar-refractivity contribution in [1.82, 2.24) is 29.8 Å². The highest BCUT2D eigenvalue weighted by molar-refractivity contribution is 7.13. The van der Waals surface area contributed by atoms with Crippen molar-refractivity contribution in [2.75, 3.05) is 31.1 Å². The third-order valence-electron chi connectivity index (χ3n) is 8.28. The Morgan fingerprint density at radius 2 is 1.90 bits per heavy atom. The van der Waals surface area contributed by atoms with Crippen molar-refractivity contribution in [2.24, 2.45) is 5.92 Å². The quantitative estimate of drug-likeness (QED) is 0.217. The standard InChI is InChI=1S/C31H37N7O2S.CH4/c1-4-36(5-2)20(3)8-11-27(39)22-15-26(34-29(16-22)37-18-23(19-37)33-31(40)21-9-10-21)24-17-32-38-13-12-25(35-30(24)38)28-7-6-14-41-28;/h6-7,12-17,20-21,23H,4-5,8-11,18-19H2,1-3H3,(H,33,40);1H4/t20-;/m0./s1. The molecule has 1 aliphatic heterocycles. The van der Waals surface area contributed by atoms with Gasteiger partial charge in [0.25, 0.3) is 0 Å². The molecule has 10 heteroatoms. The summed E-state index contributed by atoms with van der Waals surface area (Å²) in [7, 11) is 0. The van der Waals surface area contributed by atoms with Gasteiger partial charge in [0.05, 0.1) is 34.1 Å². The molecule has 5 heterocycles. The number of rotatable bonds is 12. The van der Waals surface area contributed by atoms with Crippen LogP contribution in [0.25, 0.3) is 27.5 Å². The molecule has 0 radical (unpaired) electrons. The second-order valence-corrected chi connectivity index (χ2v) is 12.1. The van der Waals surface area contributed by atoms with Crippen LogP contribution in [0.15, 0.2) is 48.1 Å². The van der Waals surface area contributed by atoms with E-state index < -0.39 is 0 Å². The number of amides is 1. The van der Waals surface area contributed by atoms with Gasteiger partial charge in [-0.25, -0.2) is 14.5 Å². The third kappa shape index (κ3) is 6.24. The second-order valence-electron chi connectivity index (χ2n) is 11.1. The molecule has 1 atom stereocenters. The Bertz CT molecular complexity index is 1540. The number of carbonyl (C=O) groups is 2. The molecule has 6 rings (SSSR count). The first-order valence-electron chi connectivity index (χ1n) is 14.7. The number of aromatic nitrogens is 4. The molecule has 0 spiro atoms. The smallest absolute Gasteiger partial charge is 0.223 e. The monoisotopic (exact) mass is 587 g/mol. The fourth-order valence-electron chi connectivity index (χ4n) is 5.52. The third-order valence-corrected chi connectivity index (χ3v) is 9.17. The van der Waals surface area contributed by atoms with Gasteiger partial charge >= 0.3 is 0 Å². The number of hydrogen-bond donors (Lipinski definition) is 1. The molecule has 1 aliphatic carbocycles. The van der Waals surface area contributed by atoms with Crippen molar-refractivity contribution in [3.8, 4) is 21.8 Å². The molecule has 2 aliphatic rings. The minimum absolute atomic E-state index is 0. The lowest BCUT2D eigenvalue weighted by Crippen LogP contribution is -2.60. The lowest BCUT2D eigenvalue weighted by Gasteiger charge is -2.40. The summed E-state index contributed by atoms with van der Waals surface area (Å²) in [5.74, 6) is 1.20. The van der Waals surface area contributed by atoms with Crippen LogP contribution in [0, 0.1) is 5.92 Å². The summed E-state index contributed by atoms with van der Waals surface area (Å²) in [5, 5.41) is 9.72. The summed E-state index contributed by atoms with van der Waals surface area (Å²) in [6.45, 7) is 9.80. The van der Waals surface area contributed by atoms with Gasteiger partial charge in [0.1, 0.15) is 5.82 Å². The van der Waals surface area contributed by atoms with Crippen LogP contribution in [0.3, 0.4) is 0 Å². The average Bonchev–Trinajstić information content (AvgIpc) is 3.50. The Kier molecular flexibility index (Phi) is 9.03. The summed E-state index contributed by atoms with van der Waals surface area (Å²) in [5.41, 5.74) is 3.70. The van der Waals surface area contributed by atoms with E-state index >= 15 is 0 Å². The molecule has 1 amide bonds. The zero-order valence-corrected chi connectivity index (χ0v) is 24.7. The number of hydrogen-bond acceptors (Lipinski definition) is 8. The van der Waals surface area contributed by atoms with Crippen molar-refractivity contribution in [3.63, 3.8) is 0 Å². The Morgan fingerprint density at radius 1 is 1.12 bits per heavy atom. The molecular formula is C32H41N7O2S. The molecule has 1 N–H and O–H groups in total. The van der Waals surface area contributed by atoms with Crippen molar-refractivity contribution in [2.45, 2.75) is 66.0 Å². The lowest BCUT2D eigenvalue weighted by molar-refractivity contribution is -0.123. The van der Waals surface area contributed by atoms with Gasteiger partial charge in [-0.3, -0.25) is 9.59 Å². The summed E-state index contributed by atoms with van der Waals surface area (Å²) >= 11 is 1.64. The van der Waals surface area contributed by atoms with Crippen LogP contribution in [0.4, 0.5) is 5.82 Å². The highest BCUT2D eigenvalue weighted by Gasteiger charge is 2.35. The lowest BCUT2D eigenvalue weighted by atomic mass is 10.0. The molecular weight excluding hydrogens is 546 g/mol. The van der Waals surface area contributed by atoms with E-state index in [-0.39, 0.29) is 31.1 Å². The average molecular weight is 588 g/mol. The highest BCUT2D eigenvalue weighted by atomic mass is 32.1. The topological polar surface area (TPSA) is 95.7 Å². The van der Waals surface area contributed by atoms with Crippen molar-refractivity contribution in [3.05, 3.63) is 53.7 Å². The van der Waals surface area contributed by atoms with Gasteiger partial charge in [-0.1, -0.05) is 27.3 Å². The zero-order valence-electron chi connectivity index (χ0n) is 23.9. The maximum atomic E-state index is 13.6. The molecule has 9 nitrogen and oxygen atoms in total. The summed E-state index contributed by atoms with van der Waals surface area (Å²) in [6.07, 6.45) is 6.94. The number of pyridine rings is 1. The predicted molar refractivity (Wildman–Crippen MR) is 169 cm³/mol. The molecule has 4 aromatic heterocycles. The van der Waals surface area contributed by atoms with Gasteiger partial charge in [0.15, 0.2) is 11.4 Å². The van der Waals surface area contributed by atoms with Crippen LogP contribution in [-0.4, -0.2) is 74.4 Å². The molecule has 1 saturated carbocycles. The van der Waals surface area contributed by atoms with Crippen LogP contribution >= 0.6 is 11.3 Å². The number of fused-ring (bicyclic) bond motifs is 1. The van der Waals surface area contributed by atoms with Crippen molar-refractivity contribution >= 4 is 34.5 Å². The van der Waals surface area contributed by atoms with Gasteiger partial charge in [-0.05, 0) is 68.9 Å². The van der Waals surface area contributed by atoms with E-state index in [9.17, 15) is 9.59 Å². The molecule has 0 unspecified atom stereocenters. The van der Waals surface area contributed by atoms with Gasteiger partial charge < -0.3 is 15.1 Å². The molecule has 1 saturated heterocycles. The Morgan fingerprint density at radius 3 is 2.60 bits per heavy atom. The highest BCUT2D eigenvalue weighted by Crippen LogP contribution is 2.32. The van der Waals surface area contributed by atoms with Crippen LogP contribution in [-0.2, 0) is 4.79 Å². The Balaban J connectivity index is 0.00000353. The minimum Gasteiger partial charge on any atom is -0.352 e. The van der Waals surface area contributed by atoms with Gasteiger partial charge in [0.2, 0.25) is 5.91 Å². The number of nitrogens with zero attached hydrogens (tertiary/aromatic N) is 6. The van der Waals surface area contributed by atoms with E-state index in [0.717, 1.165) is 54.3 Å². The van der Waals surface area contributed by atoms with E-state index in [1.165, 1.54) is 0 Å². The number of nitrogens with one attached hydrogen (secondary N) is 1. The first-order chi connectivity index (χ1) is 19.9. The van der Waals surface area contributed by atoms with E-state index in [0.29, 0.717) is 42.5 Å². The summed E-state index contributed by atoms with van der Waals surface area (Å²) in [6, 6.07) is 10.3. The maximum Gasteiger partial charge on any atom is 0.223 e. The fraction of sp³-hybridized carbons (Fsp3) is 0.469. The van der Waals surface area contributed by atoms with Gasteiger partial charge in [-0.2, -0.15) is 5.10 Å². The number of carbonyl (C=O) groups excluding carboxylic acids is 2. The van der Waals surface area contributed by atoms with E-state index in [1.807, 2.05) is 35.8 Å². The van der Waals surface area contributed by atoms with E-state index in [4.69, 9.17) is 9.97 Å². The predicted octanol–water partition coefficient (Wildman–Crippen LogP) is 5.56. The number of thiophene rings is 1. The first kappa shape index (κ1) is 29.8. The van der Waals surface area contributed by atoms with E-state index in [1.54, 1.807) is 22.0 Å². The van der Waals surface area contributed by atoms with Crippen LogP contribution in [0.2, 0.25) is 0 Å². The second kappa shape index (κ2) is 12.7. The number of ketones is 1. The van der Waals surface area contributed by atoms with Crippen LogP contribution < -0.4 is 10.2 Å². The normalized spacial score (nSPS) is 15.9. The molecule has 42 heavy (non-hydrogen) atoms. The summed E-state index contributed by atoms with van der Waals surface area (Å²) in [4.78, 5) is 41.3. The van der Waals surface area contributed by atoms with Gasteiger partial charge in [-0.15, -0.1) is 11.3 Å². The SMILES string of the molecule is C.CCN(CC)[C@@H](C)CCC(=O)c1cc(-c2cnn3ccc(-c4cccs4)nc23)nc(N2CC(NC(=O)C3CC3)C2)c1. The largest absolute Gasteiger partial charge is 0.352 e. The van der Waals surface area contributed by atoms with Crippen LogP contribution in [0.5, 0.6) is 0 Å². The minimum atomic E-state index is 0. The molecule has 4 aromatic rings. The van der Waals surface area contributed by atoms with Crippen LogP contribution in [0.1, 0.15) is 64.2 Å². The molecule has 0 aromatic carbocycles. The summed E-state index contributed by atoms with van der Waals surface area (Å²) < 4.78 is 1.75. The molecule has 0 bridgehead atoms. The van der Waals surface area contributed by atoms with Crippen molar-refractivity contribution in [1.29, 1.82) is 0 Å². The number of Topliss-reactive ketones (excluding diaryl/α,β-unsaturated/α-hetero) is 1. The first-order valence-corrected chi connectivity index (χ1v) is 15.5. The van der Waals surface area contributed by atoms with Crippen molar-refractivity contribution < 1.29 is 9.59 Å². The van der Waals surface area contributed by atoms with E-state index in [2.05, 4.69) is 47.1 Å². The fourth-order valence-corrected chi connectivity index (χ4v) is 6.22. The molecule has 2 fully saturated rings. The molecule has 222 valence electrons. The Hall–Kier alpha value is -3.63. The maximum absolute atomic E-state index is 13.6. The van der Waals surface area contributed by atoms with Gasteiger partial charge in [0, 0.05) is 43.2 Å².